The normalized spacial score (nSPS) is 12.3. The van der Waals surface area contributed by atoms with Crippen LogP contribution in [0.25, 0.3) is 10.1 Å². The Labute approximate surface area is 119 Å². The fourth-order valence-electron chi connectivity index (χ4n) is 1.84. The van der Waals surface area contributed by atoms with Crippen LogP contribution in [0.2, 0.25) is 0 Å². The number of carbonyl (C=O) groups is 2. The molecule has 0 aliphatic heterocycles. The monoisotopic (exact) mass is 295 g/mol. The van der Waals surface area contributed by atoms with Gasteiger partial charge in [0.2, 0.25) is 0 Å². The van der Waals surface area contributed by atoms with Crippen LogP contribution < -0.4 is 5.32 Å². The van der Waals surface area contributed by atoms with E-state index < -0.39 is 5.97 Å². The average Bonchev–Trinajstić information content (AvgIpc) is 2.82. The summed E-state index contributed by atoms with van der Waals surface area (Å²) in [7, 11) is 0. The molecule has 1 aromatic carbocycles. The fraction of sp³-hybridized carbons (Fsp3) is 0.286. The average molecular weight is 295 g/mol. The molecular formula is C14H14FNO3S. The van der Waals surface area contributed by atoms with Gasteiger partial charge in [0.25, 0.3) is 5.91 Å². The molecule has 20 heavy (non-hydrogen) atoms. The molecule has 2 N–H and O–H groups in total. The predicted octanol–water partition coefficient (Wildman–Crippen LogP) is 3.02. The van der Waals surface area contributed by atoms with Crippen LogP contribution in [0.5, 0.6) is 0 Å². The molecule has 0 aliphatic rings. The van der Waals surface area contributed by atoms with Gasteiger partial charge in [0.1, 0.15) is 5.82 Å². The van der Waals surface area contributed by atoms with E-state index in [-0.39, 0.29) is 24.2 Å². The number of nitrogens with one attached hydrogen (secondary N) is 1. The second-order valence-corrected chi connectivity index (χ2v) is 5.65. The number of carboxylic acids is 1. The van der Waals surface area contributed by atoms with Gasteiger partial charge in [-0.25, -0.2) is 4.39 Å². The summed E-state index contributed by atoms with van der Waals surface area (Å²) in [6, 6.07) is 5.99. The lowest BCUT2D eigenvalue weighted by atomic mass is 10.2. The van der Waals surface area contributed by atoms with E-state index in [1.54, 1.807) is 19.1 Å². The van der Waals surface area contributed by atoms with Crippen molar-refractivity contribution < 1.29 is 19.1 Å². The largest absolute Gasteiger partial charge is 0.481 e. The number of halogens is 1. The van der Waals surface area contributed by atoms with Crippen LogP contribution in [0.1, 0.15) is 29.4 Å². The highest BCUT2D eigenvalue weighted by Gasteiger charge is 2.15. The SMILES string of the molecule is CC(CCC(=O)O)NC(=O)c1cc2c(F)cccc2s1. The van der Waals surface area contributed by atoms with Crippen LogP contribution in [-0.4, -0.2) is 23.0 Å². The molecule has 0 bridgehead atoms. The van der Waals surface area contributed by atoms with Gasteiger partial charge in [-0.2, -0.15) is 0 Å². The van der Waals surface area contributed by atoms with E-state index in [1.807, 2.05) is 0 Å². The van der Waals surface area contributed by atoms with Gasteiger partial charge in [-0.15, -0.1) is 11.3 Å². The van der Waals surface area contributed by atoms with Crippen molar-refractivity contribution >= 4 is 33.3 Å². The van der Waals surface area contributed by atoms with Crippen molar-refractivity contribution in [3.63, 3.8) is 0 Å². The lowest BCUT2D eigenvalue weighted by Gasteiger charge is -2.11. The summed E-state index contributed by atoms with van der Waals surface area (Å²) in [5.41, 5.74) is 0. The van der Waals surface area contributed by atoms with Crippen molar-refractivity contribution in [3.8, 4) is 0 Å². The van der Waals surface area contributed by atoms with Crippen LogP contribution in [-0.2, 0) is 4.79 Å². The summed E-state index contributed by atoms with van der Waals surface area (Å²) in [4.78, 5) is 22.9. The summed E-state index contributed by atoms with van der Waals surface area (Å²) in [5.74, 6) is -1.55. The van der Waals surface area contributed by atoms with Gasteiger partial charge < -0.3 is 10.4 Å². The van der Waals surface area contributed by atoms with E-state index >= 15 is 0 Å². The maximum atomic E-state index is 13.5. The Bertz CT molecular complexity index is 653. The third kappa shape index (κ3) is 3.33. The first-order chi connectivity index (χ1) is 9.47. The summed E-state index contributed by atoms with van der Waals surface area (Å²) < 4.78 is 14.3. The first-order valence-corrected chi connectivity index (χ1v) is 6.99. The van der Waals surface area contributed by atoms with E-state index in [0.29, 0.717) is 21.4 Å². The van der Waals surface area contributed by atoms with Gasteiger partial charge in [-0.3, -0.25) is 9.59 Å². The van der Waals surface area contributed by atoms with Gasteiger partial charge in [0, 0.05) is 22.5 Å². The highest BCUT2D eigenvalue weighted by molar-refractivity contribution is 7.20. The molecule has 0 fully saturated rings. The summed E-state index contributed by atoms with van der Waals surface area (Å²) in [5, 5.41) is 11.7. The van der Waals surface area contributed by atoms with Crippen LogP contribution >= 0.6 is 11.3 Å². The molecule has 1 unspecified atom stereocenters. The molecule has 106 valence electrons. The van der Waals surface area contributed by atoms with E-state index in [1.165, 1.54) is 23.5 Å². The minimum atomic E-state index is -0.893. The summed E-state index contributed by atoms with van der Waals surface area (Å²) in [6.45, 7) is 1.74. The zero-order valence-corrected chi connectivity index (χ0v) is 11.7. The lowest BCUT2D eigenvalue weighted by molar-refractivity contribution is -0.137. The Morgan fingerprint density at radius 2 is 2.20 bits per heavy atom. The molecule has 1 heterocycles. The van der Waals surface area contributed by atoms with Crippen molar-refractivity contribution in [1.29, 1.82) is 0 Å². The quantitative estimate of drug-likeness (QED) is 0.891. The maximum Gasteiger partial charge on any atom is 0.303 e. The zero-order chi connectivity index (χ0) is 14.7. The minimum Gasteiger partial charge on any atom is -0.481 e. The molecular weight excluding hydrogens is 281 g/mol. The van der Waals surface area contributed by atoms with Crippen molar-refractivity contribution in [1.82, 2.24) is 5.32 Å². The van der Waals surface area contributed by atoms with Crippen molar-refractivity contribution in [2.24, 2.45) is 0 Å². The number of fused-ring (bicyclic) bond motifs is 1. The summed E-state index contributed by atoms with van der Waals surface area (Å²) in [6.07, 6.45) is 0.364. The maximum absolute atomic E-state index is 13.5. The molecule has 2 aromatic rings. The number of carbonyl (C=O) groups excluding carboxylic acids is 1. The first kappa shape index (κ1) is 14.5. The summed E-state index contributed by atoms with van der Waals surface area (Å²) >= 11 is 1.22. The van der Waals surface area contributed by atoms with E-state index in [4.69, 9.17) is 5.11 Å². The Morgan fingerprint density at radius 1 is 1.45 bits per heavy atom. The predicted molar refractivity (Wildman–Crippen MR) is 75.6 cm³/mol. The van der Waals surface area contributed by atoms with Crippen LogP contribution in [0.4, 0.5) is 4.39 Å². The Morgan fingerprint density at radius 3 is 2.85 bits per heavy atom. The smallest absolute Gasteiger partial charge is 0.303 e. The molecule has 0 saturated carbocycles. The molecule has 1 aromatic heterocycles. The van der Waals surface area contributed by atoms with Crippen LogP contribution in [0, 0.1) is 5.82 Å². The number of benzene rings is 1. The second-order valence-electron chi connectivity index (χ2n) is 4.57. The Kier molecular flexibility index (Phi) is 4.34. The van der Waals surface area contributed by atoms with E-state index in [0.717, 1.165) is 0 Å². The van der Waals surface area contributed by atoms with Gasteiger partial charge in [-0.1, -0.05) is 6.07 Å². The number of hydrogen-bond acceptors (Lipinski definition) is 3. The molecule has 0 saturated heterocycles. The fourth-order valence-corrected chi connectivity index (χ4v) is 2.82. The molecule has 2 rings (SSSR count). The third-order valence-electron chi connectivity index (χ3n) is 2.90. The third-order valence-corrected chi connectivity index (χ3v) is 4.00. The van der Waals surface area contributed by atoms with Gasteiger partial charge >= 0.3 is 5.97 Å². The number of thiophene rings is 1. The van der Waals surface area contributed by atoms with Crippen LogP contribution in [0.3, 0.4) is 0 Å². The molecule has 4 nitrogen and oxygen atoms in total. The number of amides is 1. The highest BCUT2D eigenvalue weighted by atomic mass is 32.1. The first-order valence-electron chi connectivity index (χ1n) is 6.18. The molecule has 0 aliphatic carbocycles. The number of carboxylic acid groups (broad SMARTS) is 1. The molecule has 0 radical (unpaired) electrons. The topological polar surface area (TPSA) is 66.4 Å². The Balaban J connectivity index is 2.07. The molecule has 1 atom stereocenters. The van der Waals surface area contributed by atoms with Gasteiger partial charge in [0.05, 0.1) is 4.88 Å². The lowest BCUT2D eigenvalue weighted by Crippen LogP contribution is -2.32. The zero-order valence-electron chi connectivity index (χ0n) is 10.9. The van der Waals surface area contributed by atoms with Crippen LogP contribution in [0.15, 0.2) is 24.3 Å². The molecule has 1 amide bonds. The van der Waals surface area contributed by atoms with E-state index in [9.17, 15) is 14.0 Å². The van der Waals surface area contributed by atoms with Crippen molar-refractivity contribution in [3.05, 3.63) is 35.0 Å². The number of aliphatic carboxylic acids is 1. The standard InChI is InChI=1S/C14H14FNO3S/c1-8(5-6-13(17)18)16-14(19)12-7-9-10(15)3-2-4-11(9)20-12/h2-4,7-8H,5-6H2,1H3,(H,16,19)(H,17,18). The minimum absolute atomic E-state index is 0.00247. The van der Waals surface area contributed by atoms with E-state index in [2.05, 4.69) is 5.32 Å². The Hall–Kier alpha value is -1.95. The number of hydrogen-bond donors (Lipinski definition) is 2. The molecule has 6 heteroatoms. The van der Waals surface area contributed by atoms with Gasteiger partial charge in [-0.05, 0) is 31.5 Å². The highest BCUT2D eigenvalue weighted by Crippen LogP contribution is 2.27. The van der Waals surface area contributed by atoms with Gasteiger partial charge in [0.15, 0.2) is 0 Å². The van der Waals surface area contributed by atoms with Crippen molar-refractivity contribution in [2.45, 2.75) is 25.8 Å². The van der Waals surface area contributed by atoms with Crippen molar-refractivity contribution in [2.75, 3.05) is 0 Å². The second kappa shape index (κ2) is 6.00. The number of rotatable bonds is 5. The molecule has 0 spiro atoms.